The fourth-order valence-electron chi connectivity index (χ4n) is 6.52. The largest absolute Gasteiger partial charge is 0.496 e. The van der Waals surface area contributed by atoms with Crippen LogP contribution >= 0.6 is 0 Å². The molecule has 3 heterocycles. The zero-order valence-electron chi connectivity index (χ0n) is 25.4. The number of ether oxygens (including phenoxy) is 1. The number of likely N-dealkylation sites (tertiary alicyclic amines) is 1. The van der Waals surface area contributed by atoms with E-state index in [1.807, 2.05) is 42.2 Å². The van der Waals surface area contributed by atoms with Gasteiger partial charge in [0, 0.05) is 60.1 Å². The van der Waals surface area contributed by atoms with Crippen LogP contribution in [0.1, 0.15) is 63.1 Å². The fourth-order valence-corrected chi connectivity index (χ4v) is 6.52. The number of fused-ring (bicyclic) bond motifs is 1. The van der Waals surface area contributed by atoms with E-state index in [1.165, 1.54) is 25.3 Å². The molecular weight excluding hydrogens is 572 g/mol. The number of halogens is 2. The molecule has 2 aliphatic rings. The van der Waals surface area contributed by atoms with Gasteiger partial charge in [0.15, 0.2) is 11.6 Å². The molecule has 45 heavy (non-hydrogen) atoms. The molecule has 0 spiro atoms. The molecule has 0 bridgehead atoms. The number of piperidine rings is 1. The molecular formula is C37H35F2N3O3. The number of pyridine rings is 1. The number of nitrogens with zero attached hydrogens (tertiary/aromatic N) is 3. The van der Waals surface area contributed by atoms with E-state index in [0.717, 1.165) is 33.7 Å². The van der Waals surface area contributed by atoms with Gasteiger partial charge in [-0.1, -0.05) is 30.3 Å². The van der Waals surface area contributed by atoms with Gasteiger partial charge in [-0.05, 0) is 79.3 Å². The summed E-state index contributed by atoms with van der Waals surface area (Å²) in [6.45, 7) is 3.14. The third kappa shape index (κ3) is 6.76. The zero-order valence-corrected chi connectivity index (χ0v) is 25.4. The van der Waals surface area contributed by atoms with Crippen molar-refractivity contribution in [2.24, 2.45) is 10.9 Å². The summed E-state index contributed by atoms with van der Waals surface area (Å²) in [7, 11) is 1.50. The van der Waals surface area contributed by atoms with Crippen LogP contribution in [0.4, 0.5) is 8.78 Å². The van der Waals surface area contributed by atoms with Gasteiger partial charge in [0.1, 0.15) is 17.4 Å². The number of carbonyl (C=O) groups excluding carboxylic acids is 2. The highest BCUT2D eigenvalue weighted by Crippen LogP contribution is 2.32. The van der Waals surface area contributed by atoms with E-state index >= 15 is 4.39 Å². The first-order chi connectivity index (χ1) is 21.8. The first-order valence-electron chi connectivity index (χ1n) is 15.3. The Bertz CT molecular complexity index is 1770. The first kappa shape index (κ1) is 30.5. The van der Waals surface area contributed by atoms with E-state index < -0.39 is 11.9 Å². The maximum Gasteiger partial charge on any atom is 0.163 e. The van der Waals surface area contributed by atoms with E-state index in [1.54, 1.807) is 30.5 Å². The van der Waals surface area contributed by atoms with Gasteiger partial charge in [-0.3, -0.25) is 24.5 Å². The van der Waals surface area contributed by atoms with E-state index in [-0.39, 0.29) is 36.3 Å². The van der Waals surface area contributed by atoms with Crippen LogP contribution in [0.15, 0.2) is 84.0 Å². The summed E-state index contributed by atoms with van der Waals surface area (Å²) in [6.07, 6.45) is 3.45. The molecule has 8 heteroatoms. The molecule has 6 rings (SSSR count). The Balaban J connectivity index is 1.21. The van der Waals surface area contributed by atoms with Gasteiger partial charge >= 0.3 is 0 Å². The first-order valence-corrected chi connectivity index (χ1v) is 15.3. The van der Waals surface area contributed by atoms with Crippen LogP contribution in [-0.2, 0) is 24.3 Å². The summed E-state index contributed by atoms with van der Waals surface area (Å²) in [5.74, 6) is -0.355. The van der Waals surface area contributed by atoms with Crippen molar-refractivity contribution in [3.8, 4) is 5.75 Å². The van der Waals surface area contributed by atoms with Gasteiger partial charge in [0.2, 0.25) is 0 Å². The maximum atomic E-state index is 15.0. The van der Waals surface area contributed by atoms with Crippen LogP contribution in [0, 0.1) is 24.5 Å². The molecule has 3 aromatic carbocycles. The fraction of sp³-hybridized carbons (Fsp3) is 0.297. The summed E-state index contributed by atoms with van der Waals surface area (Å²) >= 11 is 0. The van der Waals surface area contributed by atoms with E-state index in [0.29, 0.717) is 49.2 Å². The lowest BCUT2D eigenvalue weighted by Crippen LogP contribution is -2.48. The molecule has 0 amide bonds. The average molecular weight is 608 g/mol. The van der Waals surface area contributed by atoms with Crippen molar-refractivity contribution in [2.45, 2.75) is 51.7 Å². The van der Waals surface area contributed by atoms with E-state index in [4.69, 9.17) is 9.73 Å². The Kier molecular flexibility index (Phi) is 8.94. The van der Waals surface area contributed by atoms with Gasteiger partial charge < -0.3 is 4.74 Å². The molecule has 1 fully saturated rings. The predicted molar refractivity (Wildman–Crippen MR) is 169 cm³/mol. The van der Waals surface area contributed by atoms with Crippen LogP contribution < -0.4 is 4.74 Å². The lowest BCUT2D eigenvalue weighted by atomic mass is 9.84. The molecule has 6 nitrogen and oxygen atoms in total. The van der Waals surface area contributed by atoms with Crippen LogP contribution in [0.25, 0.3) is 0 Å². The molecule has 2 atom stereocenters. The lowest BCUT2D eigenvalue weighted by Gasteiger charge is -2.39. The Morgan fingerprint density at radius 1 is 1.00 bits per heavy atom. The highest BCUT2D eigenvalue weighted by atomic mass is 19.1. The number of methoxy groups -OCH3 is 1. The van der Waals surface area contributed by atoms with Crippen molar-refractivity contribution in [3.05, 3.63) is 130 Å². The number of rotatable bonds is 10. The van der Waals surface area contributed by atoms with Crippen molar-refractivity contribution in [2.75, 3.05) is 13.7 Å². The minimum absolute atomic E-state index is 0.0153. The monoisotopic (exact) mass is 607 g/mol. The molecule has 2 aliphatic heterocycles. The van der Waals surface area contributed by atoms with Gasteiger partial charge in [-0.2, -0.15) is 0 Å². The molecule has 0 aliphatic carbocycles. The van der Waals surface area contributed by atoms with Gasteiger partial charge in [0.25, 0.3) is 0 Å². The molecule has 4 aromatic rings. The highest BCUT2D eigenvalue weighted by molar-refractivity contribution is 6.16. The normalized spacial score (nSPS) is 17.9. The molecule has 0 N–H and O–H groups in total. The number of aryl methyl sites for hydroxylation is 1. The van der Waals surface area contributed by atoms with Crippen molar-refractivity contribution in [1.29, 1.82) is 0 Å². The Morgan fingerprint density at radius 3 is 2.60 bits per heavy atom. The minimum Gasteiger partial charge on any atom is -0.496 e. The van der Waals surface area contributed by atoms with Crippen LogP contribution in [0.3, 0.4) is 0 Å². The summed E-state index contributed by atoms with van der Waals surface area (Å²) < 4.78 is 33.9. The number of Topliss-reactive ketones (excluding diaryl/α,β-unsaturated/α-hetero) is 2. The summed E-state index contributed by atoms with van der Waals surface area (Å²) in [4.78, 5) is 38.3. The second kappa shape index (κ2) is 13.2. The Hall–Kier alpha value is -4.56. The minimum atomic E-state index is -0.465. The lowest BCUT2D eigenvalue weighted by molar-refractivity contribution is -0.125. The number of hydrogen-bond acceptors (Lipinski definition) is 6. The number of ketones is 2. The Morgan fingerprint density at radius 2 is 1.82 bits per heavy atom. The van der Waals surface area contributed by atoms with Crippen molar-refractivity contribution >= 4 is 17.3 Å². The van der Waals surface area contributed by atoms with Gasteiger partial charge in [-0.25, -0.2) is 8.78 Å². The second-order valence-corrected chi connectivity index (χ2v) is 11.9. The van der Waals surface area contributed by atoms with Crippen molar-refractivity contribution in [1.82, 2.24) is 9.88 Å². The number of benzene rings is 3. The smallest absolute Gasteiger partial charge is 0.163 e. The summed E-state index contributed by atoms with van der Waals surface area (Å²) in [5.41, 5.74) is 6.54. The summed E-state index contributed by atoms with van der Waals surface area (Å²) in [5, 5.41) is 0. The van der Waals surface area contributed by atoms with E-state index in [2.05, 4.69) is 4.98 Å². The molecule has 1 aromatic heterocycles. The van der Waals surface area contributed by atoms with Crippen LogP contribution in [-0.4, -0.2) is 46.9 Å². The zero-order chi connectivity index (χ0) is 31.5. The highest BCUT2D eigenvalue weighted by Gasteiger charge is 2.35. The predicted octanol–water partition coefficient (Wildman–Crippen LogP) is 6.69. The van der Waals surface area contributed by atoms with E-state index in [9.17, 15) is 14.0 Å². The topological polar surface area (TPSA) is 71.9 Å². The molecule has 230 valence electrons. The quantitative estimate of drug-likeness (QED) is 0.188. The number of carbonyl (C=O) groups is 2. The molecule has 0 saturated carbocycles. The number of aromatic nitrogens is 1. The maximum absolute atomic E-state index is 15.0. The van der Waals surface area contributed by atoms with Crippen LogP contribution in [0.2, 0.25) is 0 Å². The third-order valence-corrected chi connectivity index (χ3v) is 8.84. The number of aliphatic imine (C=N–C) groups is 1. The van der Waals surface area contributed by atoms with Crippen molar-refractivity contribution < 1.29 is 23.1 Å². The SMILES string of the molecule is COc1cccc(F)c1CN1C[C@H](CC(=O)c2ccc3c(c2)C(c2ccnc(C)c2)=NC3)CC[C@H]1C(=O)Cc1ccc(F)cc1. The Labute approximate surface area is 261 Å². The third-order valence-electron chi connectivity index (χ3n) is 8.84. The van der Waals surface area contributed by atoms with Gasteiger partial charge in [-0.15, -0.1) is 0 Å². The molecule has 0 unspecified atom stereocenters. The average Bonchev–Trinajstić information content (AvgIpc) is 3.47. The van der Waals surface area contributed by atoms with Crippen molar-refractivity contribution in [3.63, 3.8) is 0 Å². The second-order valence-electron chi connectivity index (χ2n) is 11.9. The molecule has 0 radical (unpaired) electrons. The van der Waals surface area contributed by atoms with Gasteiger partial charge in [0.05, 0.1) is 25.4 Å². The standard InChI is InChI=1S/C37H35F2N3O3/c1-23-16-27(14-15-40-23)37-30-19-26(9-10-28(30)20-41-37)34(43)18-25-8-13-33(35(44)17-24-6-11-29(38)12-7-24)42(21-25)22-31-32(39)4-3-5-36(31)45-2/h3-7,9-12,14-16,19,25,33H,8,13,17-18,20-22H2,1-2H3/t25-,33-/m0/s1. The summed E-state index contributed by atoms with van der Waals surface area (Å²) in [6, 6.07) is 19.9. The molecule has 1 saturated heterocycles. The van der Waals surface area contributed by atoms with Crippen LogP contribution in [0.5, 0.6) is 5.75 Å². The number of hydrogen-bond donors (Lipinski definition) is 0.